The maximum absolute atomic E-state index is 4.94. The van der Waals surface area contributed by atoms with Gasteiger partial charge in [0.2, 0.25) is 0 Å². The van der Waals surface area contributed by atoms with Crippen LogP contribution < -0.4 is 0 Å². The number of nitrogens with one attached hydrogen (secondary N) is 1. The summed E-state index contributed by atoms with van der Waals surface area (Å²) in [6, 6.07) is 0. The predicted octanol–water partition coefficient (Wildman–Crippen LogP) is 4.29. The number of hydrogen-bond acceptors (Lipinski definition) is 1. The molecule has 0 aromatic carbocycles. The summed E-state index contributed by atoms with van der Waals surface area (Å²) in [4.78, 5) is 8.59. The molecule has 2 nitrogen and oxygen atoms in total. The first-order valence-electron chi connectivity index (χ1n) is 7.43. The number of rotatable bonds is 1. The second kappa shape index (κ2) is 4.83. The summed E-state index contributed by atoms with van der Waals surface area (Å²) in [5, 5.41) is 0. The van der Waals surface area contributed by atoms with Crippen molar-refractivity contribution in [2.24, 2.45) is 0 Å². The highest BCUT2D eigenvalue weighted by Crippen LogP contribution is 2.34. The lowest BCUT2D eigenvalue weighted by molar-refractivity contribution is 0.561. The Labute approximate surface area is 104 Å². The predicted molar refractivity (Wildman–Crippen MR) is 70.4 cm³/mol. The molecule has 17 heavy (non-hydrogen) atoms. The Bertz CT molecular complexity index is 372. The Hall–Kier alpha value is -0.790. The fraction of sp³-hybridized carbons (Fsp3) is 0.800. The van der Waals surface area contributed by atoms with Gasteiger partial charge in [0, 0.05) is 17.5 Å². The SMILES string of the molecule is CC1CCCc2[nH]c(C3CCCCCC3)nc21. The molecule has 0 aliphatic heterocycles. The van der Waals surface area contributed by atoms with Crippen LogP contribution in [0.4, 0.5) is 0 Å². The van der Waals surface area contributed by atoms with Gasteiger partial charge in [0.1, 0.15) is 5.82 Å². The molecule has 0 spiro atoms. The lowest BCUT2D eigenvalue weighted by Gasteiger charge is -2.15. The minimum absolute atomic E-state index is 0.675. The van der Waals surface area contributed by atoms with Crippen molar-refractivity contribution in [2.45, 2.75) is 76.5 Å². The lowest BCUT2D eigenvalue weighted by Crippen LogP contribution is -2.05. The van der Waals surface area contributed by atoms with E-state index in [2.05, 4.69) is 11.9 Å². The molecule has 1 atom stereocenters. The quantitative estimate of drug-likeness (QED) is 0.719. The molecular formula is C15H24N2. The molecule has 0 saturated heterocycles. The molecule has 1 unspecified atom stereocenters. The Balaban J connectivity index is 1.83. The van der Waals surface area contributed by atoms with E-state index >= 15 is 0 Å². The number of H-pyrrole nitrogens is 1. The summed E-state index contributed by atoms with van der Waals surface area (Å²) in [6.07, 6.45) is 12.2. The van der Waals surface area contributed by atoms with Gasteiger partial charge in [0.25, 0.3) is 0 Å². The molecular weight excluding hydrogens is 208 g/mol. The number of hydrogen-bond donors (Lipinski definition) is 1. The van der Waals surface area contributed by atoms with Crippen molar-refractivity contribution in [2.75, 3.05) is 0 Å². The van der Waals surface area contributed by atoms with Crippen LogP contribution >= 0.6 is 0 Å². The van der Waals surface area contributed by atoms with E-state index in [1.54, 1.807) is 0 Å². The molecule has 1 saturated carbocycles. The second-order valence-electron chi connectivity index (χ2n) is 5.97. The second-order valence-corrected chi connectivity index (χ2v) is 5.97. The van der Waals surface area contributed by atoms with Gasteiger partial charge in [-0.3, -0.25) is 0 Å². The summed E-state index contributed by atoms with van der Waals surface area (Å²) in [6.45, 7) is 2.33. The Morgan fingerprint density at radius 3 is 2.47 bits per heavy atom. The van der Waals surface area contributed by atoms with Crippen molar-refractivity contribution in [1.29, 1.82) is 0 Å². The van der Waals surface area contributed by atoms with E-state index in [1.807, 2.05) is 0 Å². The fourth-order valence-electron chi connectivity index (χ4n) is 3.51. The first-order valence-corrected chi connectivity index (χ1v) is 7.43. The van der Waals surface area contributed by atoms with Crippen LogP contribution in [0.1, 0.15) is 87.3 Å². The number of fused-ring (bicyclic) bond motifs is 1. The molecule has 1 aromatic heterocycles. The Morgan fingerprint density at radius 1 is 1.00 bits per heavy atom. The minimum atomic E-state index is 0.675. The van der Waals surface area contributed by atoms with Gasteiger partial charge in [0.05, 0.1) is 5.69 Å². The van der Waals surface area contributed by atoms with Crippen molar-refractivity contribution in [3.05, 3.63) is 17.2 Å². The smallest absolute Gasteiger partial charge is 0.109 e. The molecule has 1 N–H and O–H groups in total. The van der Waals surface area contributed by atoms with Crippen LogP contribution in [0.5, 0.6) is 0 Å². The van der Waals surface area contributed by atoms with Crippen LogP contribution in [0, 0.1) is 0 Å². The molecule has 1 heterocycles. The van der Waals surface area contributed by atoms with E-state index in [9.17, 15) is 0 Å². The highest BCUT2D eigenvalue weighted by Gasteiger charge is 2.24. The Morgan fingerprint density at radius 2 is 1.76 bits per heavy atom. The molecule has 1 aromatic rings. The van der Waals surface area contributed by atoms with Crippen LogP contribution in [-0.2, 0) is 6.42 Å². The van der Waals surface area contributed by atoms with Gasteiger partial charge in [-0.05, 0) is 32.1 Å². The molecule has 2 heteroatoms. The van der Waals surface area contributed by atoms with E-state index in [1.165, 1.54) is 75.0 Å². The summed E-state index contributed by atoms with van der Waals surface area (Å²) < 4.78 is 0. The highest BCUT2D eigenvalue weighted by molar-refractivity contribution is 5.23. The van der Waals surface area contributed by atoms with Crippen LogP contribution in [0.2, 0.25) is 0 Å². The standard InChI is InChI=1S/C15H24N2/c1-11-7-6-10-13-14(11)17-15(16-13)12-8-4-2-3-5-9-12/h11-12H,2-10H2,1H3,(H,16,17). The van der Waals surface area contributed by atoms with Crippen molar-refractivity contribution in [3.63, 3.8) is 0 Å². The van der Waals surface area contributed by atoms with Crippen LogP contribution in [-0.4, -0.2) is 9.97 Å². The zero-order valence-corrected chi connectivity index (χ0v) is 11.0. The monoisotopic (exact) mass is 232 g/mol. The maximum atomic E-state index is 4.94. The van der Waals surface area contributed by atoms with Gasteiger partial charge in [0.15, 0.2) is 0 Å². The van der Waals surface area contributed by atoms with Gasteiger partial charge in [-0.1, -0.05) is 32.6 Å². The fourth-order valence-corrected chi connectivity index (χ4v) is 3.51. The van der Waals surface area contributed by atoms with Gasteiger partial charge in [-0.25, -0.2) is 4.98 Å². The van der Waals surface area contributed by atoms with E-state index in [4.69, 9.17) is 4.98 Å². The van der Waals surface area contributed by atoms with Crippen LogP contribution in [0.3, 0.4) is 0 Å². The largest absolute Gasteiger partial charge is 0.345 e. The van der Waals surface area contributed by atoms with Crippen molar-refractivity contribution < 1.29 is 0 Å². The van der Waals surface area contributed by atoms with Gasteiger partial charge < -0.3 is 4.98 Å². The normalized spacial score (nSPS) is 26.5. The van der Waals surface area contributed by atoms with Crippen molar-refractivity contribution in [1.82, 2.24) is 9.97 Å². The van der Waals surface area contributed by atoms with Crippen molar-refractivity contribution >= 4 is 0 Å². The molecule has 0 radical (unpaired) electrons. The molecule has 0 bridgehead atoms. The third kappa shape index (κ3) is 2.27. The van der Waals surface area contributed by atoms with Crippen molar-refractivity contribution in [3.8, 4) is 0 Å². The van der Waals surface area contributed by atoms with E-state index < -0.39 is 0 Å². The average molecular weight is 232 g/mol. The summed E-state index contributed by atoms with van der Waals surface area (Å²) in [5.74, 6) is 2.70. The molecule has 1 fully saturated rings. The molecule has 2 aliphatic rings. The van der Waals surface area contributed by atoms with Gasteiger partial charge in [-0.15, -0.1) is 0 Å². The first-order chi connectivity index (χ1) is 8.34. The zero-order chi connectivity index (χ0) is 11.7. The first kappa shape index (κ1) is 11.3. The third-order valence-electron chi connectivity index (χ3n) is 4.60. The third-order valence-corrected chi connectivity index (χ3v) is 4.60. The average Bonchev–Trinajstić information content (AvgIpc) is 2.59. The topological polar surface area (TPSA) is 28.7 Å². The summed E-state index contributed by atoms with van der Waals surface area (Å²) in [7, 11) is 0. The number of aryl methyl sites for hydroxylation is 1. The number of nitrogens with zero attached hydrogens (tertiary/aromatic N) is 1. The number of aromatic nitrogens is 2. The minimum Gasteiger partial charge on any atom is -0.345 e. The molecule has 0 amide bonds. The van der Waals surface area contributed by atoms with Crippen LogP contribution in [0.25, 0.3) is 0 Å². The number of imidazole rings is 1. The zero-order valence-electron chi connectivity index (χ0n) is 11.0. The van der Waals surface area contributed by atoms with Gasteiger partial charge >= 0.3 is 0 Å². The molecule has 2 aliphatic carbocycles. The Kier molecular flexibility index (Phi) is 3.21. The van der Waals surface area contributed by atoms with Crippen LogP contribution in [0.15, 0.2) is 0 Å². The summed E-state index contributed by atoms with van der Waals surface area (Å²) >= 11 is 0. The lowest BCUT2D eigenvalue weighted by atomic mass is 9.92. The summed E-state index contributed by atoms with van der Waals surface area (Å²) in [5.41, 5.74) is 2.83. The maximum Gasteiger partial charge on any atom is 0.109 e. The highest BCUT2D eigenvalue weighted by atomic mass is 15.0. The van der Waals surface area contributed by atoms with E-state index in [-0.39, 0.29) is 0 Å². The molecule has 3 rings (SSSR count). The molecule has 94 valence electrons. The van der Waals surface area contributed by atoms with E-state index in [0.29, 0.717) is 5.92 Å². The van der Waals surface area contributed by atoms with Gasteiger partial charge in [-0.2, -0.15) is 0 Å². The number of aromatic amines is 1. The van der Waals surface area contributed by atoms with E-state index in [0.717, 1.165) is 5.92 Å².